The Balaban J connectivity index is 1.96. The highest BCUT2D eigenvalue weighted by Crippen LogP contribution is 2.33. The fourth-order valence-corrected chi connectivity index (χ4v) is 3.64. The third-order valence-electron chi connectivity index (χ3n) is 5.14. The highest BCUT2D eigenvalue weighted by molar-refractivity contribution is 5.84. The first-order chi connectivity index (χ1) is 11.2. The van der Waals surface area contributed by atoms with Gasteiger partial charge in [0.1, 0.15) is 5.75 Å². The van der Waals surface area contributed by atoms with Gasteiger partial charge in [-0.1, -0.05) is 38.5 Å². The molecule has 124 valence electrons. The monoisotopic (exact) mass is 312 g/mol. The van der Waals surface area contributed by atoms with E-state index >= 15 is 0 Å². The molecule has 23 heavy (non-hydrogen) atoms. The van der Waals surface area contributed by atoms with E-state index < -0.39 is 0 Å². The summed E-state index contributed by atoms with van der Waals surface area (Å²) in [5.74, 6) is 1.58. The van der Waals surface area contributed by atoms with Crippen LogP contribution in [0, 0.1) is 5.92 Å². The van der Waals surface area contributed by atoms with Crippen molar-refractivity contribution in [3.05, 3.63) is 42.0 Å². The molecule has 1 aliphatic heterocycles. The number of hydrogen-bond donors (Lipinski definition) is 1. The lowest BCUT2D eigenvalue weighted by Crippen LogP contribution is -2.46. The molecule has 0 aliphatic carbocycles. The van der Waals surface area contributed by atoms with Crippen molar-refractivity contribution in [2.75, 3.05) is 33.3 Å². The van der Waals surface area contributed by atoms with E-state index in [0.717, 1.165) is 31.9 Å². The summed E-state index contributed by atoms with van der Waals surface area (Å²) in [6.07, 6.45) is 1.20. The Morgan fingerprint density at radius 1 is 1.09 bits per heavy atom. The Bertz CT molecular complexity index is 649. The minimum Gasteiger partial charge on any atom is -0.497 e. The van der Waals surface area contributed by atoms with Gasteiger partial charge < -0.3 is 10.1 Å². The smallest absolute Gasteiger partial charge is 0.119 e. The minimum atomic E-state index is 0.508. The van der Waals surface area contributed by atoms with Gasteiger partial charge in [-0.2, -0.15) is 0 Å². The van der Waals surface area contributed by atoms with Crippen LogP contribution in [0.5, 0.6) is 5.75 Å². The van der Waals surface area contributed by atoms with Gasteiger partial charge in [0, 0.05) is 32.2 Å². The predicted molar refractivity (Wildman–Crippen MR) is 97.1 cm³/mol. The third-order valence-corrected chi connectivity index (χ3v) is 5.14. The number of nitrogens with one attached hydrogen (secondary N) is 1. The molecule has 0 aromatic heterocycles. The maximum atomic E-state index is 5.34. The molecule has 0 saturated carbocycles. The summed E-state index contributed by atoms with van der Waals surface area (Å²) in [7, 11) is 1.72. The number of benzene rings is 2. The Morgan fingerprint density at radius 2 is 1.78 bits per heavy atom. The molecular formula is C20H28N2O. The highest BCUT2D eigenvalue weighted by atomic mass is 16.5. The van der Waals surface area contributed by atoms with E-state index in [1.165, 1.54) is 22.8 Å². The molecule has 3 nitrogen and oxygen atoms in total. The van der Waals surface area contributed by atoms with Gasteiger partial charge in [0.2, 0.25) is 0 Å². The molecule has 3 heteroatoms. The number of piperazine rings is 1. The van der Waals surface area contributed by atoms with Crippen LogP contribution in [0.1, 0.15) is 31.9 Å². The lowest BCUT2D eigenvalue weighted by Gasteiger charge is -2.38. The van der Waals surface area contributed by atoms with Crippen LogP contribution in [0.3, 0.4) is 0 Å². The van der Waals surface area contributed by atoms with E-state index in [4.69, 9.17) is 4.74 Å². The number of fused-ring (bicyclic) bond motifs is 1. The van der Waals surface area contributed by atoms with E-state index in [-0.39, 0.29) is 0 Å². The summed E-state index contributed by atoms with van der Waals surface area (Å²) < 4.78 is 5.34. The number of ether oxygens (including phenoxy) is 1. The van der Waals surface area contributed by atoms with Crippen LogP contribution >= 0.6 is 0 Å². The third kappa shape index (κ3) is 3.51. The Labute approximate surface area is 139 Å². The topological polar surface area (TPSA) is 24.5 Å². The van der Waals surface area contributed by atoms with Gasteiger partial charge in [-0.15, -0.1) is 0 Å². The van der Waals surface area contributed by atoms with Crippen LogP contribution in [0.2, 0.25) is 0 Å². The van der Waals surface area contributed by atoms with Crippen molar-refractivity contribution in [3.8, 4) is 5.75 Å². The maximum absolute atomic E-state index is 5.34. The summed E-state index contributed by atoms with van der Waals surface area (Å²) in [6, 6.07) is 13.8. The normalized spacial score (nSPS) is 18.7. The first-order valence-electron chi connectivity index (χ1n) is 8.75. The summed E-state index contributed by atoms with van der Waals surface area (Å²) >= 11 is 0. The van der Waals surface area contributed by atoms with Crippen LogP contribution in [0.4, 0.5) is 0 Å². The predicted octanol–water partition coefficient (Wildman–Crippen LogP) is 3.84. The van der Waals surface area contributed by atoms with E-state index in [1.54, 1.807) is 7.11 Å². The second-order valence-corrected chi connectivity index (χ2v) is 6.59. The first kappa shape index (κ1) is 16.3. The molecule has 1 N–H and O–H groups in total. The maximum Gasteiger partial charge on any atom is 0.119 e. The van der Waals surface area contributed by atoms with Crippen LogP contribution in [-0.2, 0) is 0 Å². The zero-order valence-corrected chi connectivity index (χ0v) is 14.5. The number of hydrogen-bond acceptors (Lipinski definition) is 3. The van der Waals surface area contributed by atoms with Gasteiger partial charge in [-0.25, -0.2) is 0 Å². The molecule has 1 heterocycles. The van der Waals surface area contributed by atoms with Gasteiger partial charge in [0.25, 0.3) is 0 Å². The van der Waals surface area contributed by atoms with Crippen molar-refractivity contribution < 1.29 is 4.74 Å². The standard InChI is InChI=1S/C20H28N2O/c1-4-15(2)20(22-11-9-21-10-12-22)18-6-5-17-14-19(23-3)8-7-16(17)13-18/h5-8,13-15,20-21H,4,9-12H2,1-3H3/t15?,20-/m0/s1. The van der Waals surface area contributed by atoms with E-state index in [9.17, 15) is 0 Å². The number of nitrogens with zero attached hydrogens (tertiary/aromatic N) is 1. The summed E-state index contributed by atoms with van der Waals surface area (Å²) in [4.78, 5) is 2.65. The van der Waals surface area contributed by atoms with Crippen molar-refractivity contribution >= 4 is 10.8 Å². The van der Waals surface area contributed by atoms with E-state index in [1.807, 2.05) is 0 Å². The lowest BCUT2D eigenvalue weighted by atomic mass is 9.89. The first-order valence-corrected chi connectivity index (χ1v) is 8.75. The van der Waals surface area contributed by atoms with E-state index in [2.05, 4.69) is 60.5 Å². The average molecular weight is 312 g/mol. The molecule has 0 radical (unpaired) electrons. The van der Waals surface area contributed by atoms with Crippen molar-refractivity contribution in [2.24, 2.45) is 5.92 Å². The molecule has 3 rings (SSSR count). The molecule has 2 atom stereocenters. The van der Waals surface area contributed by atoms with Gasteiger partial charge in [0.15, 0.2) is 0 Å². The van der Waals surface area contributed by atoms with Crippen molar-refractivity contribution in [2.45, 2.75) is 26.3 Å². The van der Waals surface area contributed by atoms with Crippen LogP contribution in [-0.4, -0.2) is 38.2 Å². The zero-order chi connectivity index (χ0) is 16.2. The average Bonchev–Trinajstić information content (AvgIpc) is 2.62. The molecule has 1 fully saturated rings. The molecule has 0 bridgehead atoms. The molecule has 1 aliphatic rings. The number of rotatable bonds is 5. The van der Waals surface area contributed by atoms with Gasteiger partial charge in [0.05, 0.1) is 7.11 Å². The second-order valence-electron chi connectivity index (χ2n) is 6.59. The summed E-state index contributed by atoms with van der Waals surface area (Å²) in [6.45, 7) is 9.14. The van der Waals surface area contributed by atoms with E-state index in [0.29, 0.717) is 12.0 Å². The van der Waals surface area contributed by atoms with Crippen molar-refractivity contribution in [1.82, 2.24) is 10.2 Å². The Kier molecular flexibility index (Phi) is 5.19. The Morgan fingerprint density at radius 3 is 2.48 bits per heavy atom. The van der Waals surface area contributed by atoms with Crippen LogP contribution in [0.15, 0.2) is 36.4 Å². The quantitative estimate of drug-likeness (QED) is 0.908. The molecule has 0 spiro atoms. The van der Waals surface area contributed by atoms with Crippen molar-refractivity contribution in [3.63, 3.8) is 0 Å². The Hall–Kier alpha value is -1.58. The fourth-order valence-electron chi connectivity index (χ4n) is 3.64. The highest BCUT2D eigenvalue weighted by Gasteiger charge is 2.26. The molecule has 2 aromatic carbocycles. The molecule has 2 aromatic rings. The molecule has 1 unspecified atom stereocenters. The summed E-state index contributed by atoms with van der Waals surface area (Å²) in [5.41, 5.74) is 1.44. The van der Waals surface area contributed by atoms with Crippen LogP contribution < -0.4 is 10.1 Å². The largest absolute Gasteiger partial charge is 0.497 e. The lowest BCUT2D eigenvalue weighted by molar-refractivity contribution is 0.128. The van der Waals surface area contributed by atoms with Crippen LogP contribution in [0.25, 0.3) is 10.8 Å². The van der Waals surface area contributed by atoms with Gasteiger partial charge in [-0.05, 0) is 40.5 Å². The van der Waals surface area contributed by atoms with Crippen molar-refractivity contribution in [1.29, 1.82) is 0 Å². The fraction of sp³-hybridized carbons (Fsp3) is 0.500. The number of methoxy groups -OCH3 is 1. The SMILES string of the molecule is CCC(C)[C@@H](c1ccc2cc(OC)ccc2c1)N1CCNCC1. The second kappa shape index (κ2) is 7.33. The van der Waals surface area contributed by atoms with Gasteiger partial charge >= 0.3 is 0 Å². The molecular weight excluding hydrogens is 284 g/mol. The summed E-state index contributed by atoms with van der Waals surface area (Å²) in [5, 5.41) is 6.01. The zero-order valence-electron chi connectivity index (χ0n) is 14.5. The molecule has 0 amide bonds. The minimum absolute atomic E-state index is 0.508. The molecule has 1 saturated heterocycles. The van der Waals surface area contributed by atoms with Gasteiger partial charge in [-0.3, -0.25) is 4.90 Å².